The summed E-state index contributed by atoms with van der Waals surface area (Å²) in [6, 6.07) is 9.07. The van der Waals surface area contributed by atoms with Crippen molar-refractivity contribution >= 4 is 23.2 Å². The maximum atomic E-state index is 12.7. The Bertz CT molecular complexity index is 715. The van der Waals surface area contributed by atoms with Crippen molar-refractivity contribution in [1.29, 1.82) is 0 Å². The van der Waals surface area contributed by atoms with Gasteiger partial charge in [0, 0.05) is 5.56 Å². The molecule has 0 unspecified atom stereocenters. The lowest BCUT2D eigenvalue weighted by atomic mass is 10.1. The number of benzene rings is 2. The fourth-order valence-electron chi connectivity index (χ4n) is 1.91. The molecule has 0 saturated carbocycles. The van der Waals surface area contributed by atoms with Crippen LogP contribution in [0.3, 0.4) is 0 Å². The molecule has 24 heavy (non-hydrogen) atoms. The summed E-state index contributed by atoms with van der Waals surface area (Å²) in [6.07, 6.45) is -3.65. The molecule has 0 atom stereocenters. The van der Waals surface area contributed by atoms with E-state index in [1.807, 2.05) is 6.92 Å². The Kier molecular flexibility index (Phi) is 5.72. The zero-order valence-corrected chi connectivity index (χ0v) is 13.5. The van der Waals surface area contributed by atoms with E-state index in [-0.39, 0.29) is 16.3 Å². The van der Waals surface area contributed by atoms with Crippen LogP contribution < -0.4 is 10.1 Å². The Balaban J connectivity index is 2.14. The highest BCUT2D eigenvalue weighted by atomic mass is 35.5. The molecule has 0 saturated heterocycles. The Morgan fingerprint density at radius 1 is 1.17 bits per heavy atom. The van der Waals surface area contributed by atoms with Crippen molar-refractivity contribution in [2.24, 2.45) is 0 Å². The van der Waals surface area contributed by atoms with E-state index in [1.165, 1.54) is 12.1 Å². The summed E-state index contributed by atoms with van der Waals surface area (Å²) in [5.41, 5.74) is -0.694. The van der Waals surface area contributed by atoms with Crippen LogP contribution in [0.4, 0.5) is 18.9 Å². The molecule has 128 valence electrons. The molecule has 0 spiro atoms. The fourth-order valence-corrected chi connectivity index (χ4v) is 2.08. The third-order valence-corrected chi connectivity index (χ3v) is 3.46. The minimum absolute atomic E-state index is 0.0271. The normalized spacial score (nSPS) is 11.2. The van der Waals surface area contributed by atoms with Gasteiger partial charge in [-0.25, -0.2) is 0 Å². The first-order valence-electron chi connectivity index (χ1n) is 7.22. The van der Waals surface area contributed by atoms with Gasteiger partial charge in [0.2, 0.25) is 0 Å². The Morgan fingerprint density at radius 2 is 1.83 bits per heavy atom. The number of nitrogens with one attached hydrogen (secondary N) is 1. The van der Waals surface area contributed by atoms with E-state index >= 15 is 0 Å². The lowest BCUT2D eigenvalue weighted by Crippen LogP contribution is -2.13. The van der Waals surface area contributed by atoms with Gasteiger partial charge < -0.3 is 10.1 Å². The van der Waals surface area contributed by atoms with Crippen molar-refractivity contribution < 1.29 is 22.7 Å². The second-order valence-corrected chi connectivity index (χ2v) is 5.43. The summed E-state index contributed by atoms with van der Waals surface area (Å²) >= 11 is 5.86. The predicted molar refractivity (Wildman–Crippen MR) is 86.6 cm³/mol. The Hall–Kier alpha value is -2.21. The van der Waals surface area contributed by atoms with Crippen molar-refractivity contribution in [3.63, 3.8) is 0 Å². The molecule has 3 nitrogen and oxygen atoms in total. The van der Waals surface area contributed by atoms with Crippen LogP contribution >= 0.6 is 11.6 Å². The summed E-state index contributed by atoms with van der Waals surface area (Å²) in [7, 11) is 0. The van der Waals surface area contributed by atoms with Crippen LogP contribution in [0.15, 0.2) is 42.5 Å². The standard InChI is InChI=1S/C17H15ClF3NO2/c1-2-9-24-13-6-3-11(4-7-13)16(23)22-15-10-12(17(19,20)21)5-8-14(15)18/h3-8,10H,2,9H2,1H3,(H,22,23). The quantitative estimate of drug-likeness (QED) is 0.778. The summed E-state index contributed by atoms with van der Waals surface area (Å²) < 4.78 is 43.6. The molecule has 2 aromatic carbocycles. The Morgan fingerprint density at radius 3 is 2.42 bits per heavy atom. The molecule has 2 rings (SSSR count). The van der Waals surface area contributed by atoms with Crippen molar-refractivity contribution in [2.45, 2.75) is 19.5 Å². The molecule has 1 N–H and O–H groups in total. The Labute approximate surface area is 142 Å². The SMILES string of the molecule is CCCOc1ccc(C(=O)Nc2cc(C(F)(F)F)ccc2Cl)cc1. The minimum Gasteiger partial charge on any atom is -0.494 e. The summed E-state index contributed by atoms with van der Waals surface area (Å²) in [5.74, 6) is 0.0590. The summed E-state index contributed by atoms with van der Waals surface area (Å²) in [4.78, 5) is 12.2. The molecular formula is C17H15ClF3NO2. The van der Waals surface area contributed by atoms with Gasteiger partial charge in [-0.05, 0) is 48.9 Å². The number of halogens is 4. The van der Waals surface area contributed by atoms with Gasteiger partial charge in [0.1, 0.15) is 5.75 Å². The number of anilines is 1. The second-order valence-electron chi connectivity index (χ2n) is 5.02. The first kappa shape index (κ1) is 18.1. The average Bonchev–Trinajstić information content (AvgIpc) is 2.54. The molecule has 0 aliphatic heterocycles. The molecule has 0 aliphatic rings. The first-order valence-corrected chi connectivity index (χ1v) is 7.60. The van der Waals surface area contributed by atoms with E-state index in [9.17, 15) is 18.0 Å². The molecule has 0 fully saturated rings. The van der Waals surface area contributed by atoms with Crippen molar-refractivity contribution in [3.8, 4) is 5.75 Å². The van der Waals surface area contributed by atoms with E-state index in [1.54, 1.807) is 12.1 Å². The number of amides is 1. The molecule has 0 aliphatic carbocycles. The van der Waals surface area contributed by atoms with E-state index in [4.69, 9.17) is 16.3 Å². The fraction of sp³-hybridized carbons (Fsp3) is 0.235. The summed E-state index contributed by atoms with van der Waals surface area (Å²) in [6.45, 7) is 2.53. The number of carbonyl (C=O) groups excluding carboxylic acids is 1. The van der Waals surface area contributed by atoms with Crippen molar-refractivity contribution in [2.75, 3.05) is 11.9 Å². The zero-order valence-electron chi connectivity index (χ0n) is 12.8. The topological polar surface area (TPSA) is 38.3 Å². The van der Waals surface area contributed by atoms with E-state index < -0.39 is 17.6 Å². The van der Waals surface area contributed by atoms with Gasteiger partial charge in [-0.3, -0.25) is 4.79 Å². The maximum Gasteiger partial charge on any atom is 0.416 e. The van der Waals surface area contributed by atoms with Gasteiger partial charge in [0.25, 0.3) is 5.91 Å². The molecule has 7 heteroatoms. The largest absolute Gasteiger partial charge is 0.494 e. The van der Waals surface area contributed by atoms with Gasteiger partial charge >= 0.3 is 6.18 Å². The number of carbonyl (C=O) groups is 1. The molecule has 0 radical (unpaired) electrons. The van der Waals surface area contributed by atoms with Crippen LogP contribution in [0.2, 0.25) is 5.02 Å². The third-order valence-electron chi connectivity index (χ3n) is 3.13. The van der Waals surface area contributed by atoms with Gasteiger partial charge in [0.05, 0.1) is 22.9 Å². The average molecular weight is 358 g/mol. The second kappa shape index (κ2) is 7.57. The minimum atomic E-state index is -4.51. The molecule has 0 aromatic heterocycles. The van der Waals surface area contributed by atoms with Crippen LogP contribution in [-0.4, -0.2) is 12.5 Å². The third kappa shape index (κ3) is 4.64. The lowest BCUT2D eigenvalue weighted by Gasteiger charge is -2.12. The number of ether oxygens (including phenoxy) is 1. The zero-order chi connectivity index (χ0) is 17.7. The highest BCUT2D eigenvalue weighted by Crippen LogP contribution is 2.34. The predicted octanol–water partition coefficient (Wildman–Crippen LogP) is 5.40. The highest BCUT2D eigenvalue weighted by Gasteiger charge is 2.31. The van der Waals surface area contributed by atoms with Crippen LogP contribution in [-0.2, 0) is 6.18 Å². The highest BCUT2D eigenvalue weighted by molar-refractivity contribution is 6.34. The maximum absolute atomic E-state index is 12.7. The molecule has 0 bridgehead atoms. The number of hydrogen-bond acceptors (Lipinski definition) is 2. The van der Waals surface area contributed by atoms with Gasteiger partial charge in [-0.15, -0.1) is 0 Å². The van der Waals surface area contributed by atoms with Gasteiger partial charge in [-0.2, -0.15) is 13.2 Å². The van der Waals surface area contributed by atoms with Crippen LogP contribution in [0.5, 0.6) is 5.75 Å². The first-order chi connectivity index (χ1) is 11.3. The molecular weight excluding hydrogens is 343 g/mol. The molecule has 0 heterocycles. The molecule has 2 aromatic rings. The van der Waals surface area contributed by atoms with E-state index in [2.05, 4.69) is 5.32 Å². The summed E-state index contributed by atoms with van der Waals surface area (Å²) in [5, 5.41) is 2.42. The smallest absolute Gasteiger partial charge is 0.416 e. The van der Waals surface area contributed by atoms with Crippen molar-refractivity contribution in [3.05, 3.63) is 58.6 Å². The number of alkyl halides is 3. The lowest BCUT2D eigenvalue weighted by molar-refractivity contribution is -0.137. The number of hydrogen-bond donors (Lipinski definition) is 1. The van der Waals surface area contributed by atoms with Gasteiger partial charge in [0.15, 0.2) is 0 Å². The van der Waals surface area contributed by atoms with E-state index in [0.29, 0.717) is 12.4 Å². The molecule has 1 amide bonds. The van der Waals surface area contributed by atoms with Gasteiger partial charge in [-0.1, -0.05) is 18.5 Å². The van der Waals surface area contributed by atoms with Crippen molar-refractivity contribution in [1.82, 2.24) is 0 Å². The van der Waals surface area contributed by atoms with E-state index in [0.717, 1.165) is 24.6 Å². The van der Waals surface area contributed by atoms with Crippen LogP contribution in [0.25, 0.3) is 0 Å². The number of rotatable bonds is 5. The monoisotopic (exact) mass is 357 g/mol. The van der Waals surface area contributed by atoms with Crippen LogP contribution in [0.1, 0.15) is 29.3 Å². The van der Waals surface area contributed by atoms with Crippen LogP contribution in [0, 0.1) is 0 Å².